The van der Waals surface area contributed by atoms with Crippen LogP contribution in [0.2, 0.25) is 0 Å². The zero-order valence-electron chi connectivity index (χ0n) is 10.0. The van der Waals surface area contributed by atoms with Gasteiger partial charge in [-0.25, -0.2) is 0 Å². The summed E-state index contributed by atoms with van der Waals surface area (Å²) >= 11 is -2.00. The van der Waals surface area contributed by atoms with E-state index < -0.39 is 15.1 Å². The summed E-state index contributed by atoms with van der Waals surface area (Å²) in [5.74, 6) is 0.825. The average Bonchev–Trinajstić information content (AvgIpc) is 2.34. The van der Waals surface area contributed by atoms with Crippen molar-refractivity contribution in [3.63, 3.8) is 0 Å². The first-order chi connectivity index (χ1) is 7.86. The quantitative estimate of drug-likeness (QED) is 0.652. The third-order valence-corrected chi connectivity index (χ3v) is 3.37. The minimum atomic E-state index is -2.00. The summed E-state index contributed by atoms with van der Waals surface area (Å²) in [5.41, 5.74) is 0. The van der Waals surface area contributed by atoms with Gasteiger partial charge in [-0.2, -0.15) is 0 Å². The van der Waals surface area contributed by atoms with Gasteiger partial charge in [0.2, 0.25) is 0 Å². The third-order valence-electron chi connectivity index (χ3n) is 1.89. The molecule has 0 fully saturated rings. The lowest BCUT2D eigenvalue weighted by Crippen LogP contribution is -2.31. The van der Waals surface area contributed by atoms with Crippen LogP contribution < -0.4 is 3.79 Å². The second-order valence-corrected chi connectivity index (χ2v) is 4.94. The predicted octanol–water partition coefficient (Wildman–Crippen LogP) is 2.90. The Morgan fingerprint density at radius 3 is 2.00 bits per heavy atom. The number of benzene rings is 1. The smallest absolute Gasteiger partial charge is 0.599 e. The highest BCUT2D eigenvalue weighted by atomic mass is 27.3. The monoisotopic (exact) mass is 238 g/mol. The lowest BCUT2D eigenvalue weighted by molar-refractivity contribution is 0.140. The molecule has 0 saturated carbocycles. The van der Waals surface area contributed by atoms with E-state index in [-0.39, 0.29) is 0 Å². The van der Waals surface area contributed by atoms with Gasteiger partial charge in [0.25, 0.3) is 0 Å². The Labute approximate surface area is 103 Å². The van der Waals surface area contributed by atoms with Gasteiger partial charge in [-0.05, 0) is 25.0 Å². The maximum absolute atomic E-state index is 5.71. The molecule has 0 aliphatic rings. The molecule has 0 aliphatic heterocycles. The van der Waals surface area contributed by atoms with Crippen LogP contribution in [0.3, 0.4) is 0 Å². The molecule has 0 spiro atoms. The summed E-state index contributed by atoms with van der Waals surface area (Å²) in [6.45, 7) is 5.56. The van der Waals surface area contributed by atoms with E-state index in [1.807, 2.05) is 30.3 Å². The summed E-state index contributed by atoms with van der Waals surface area (Å²) in [5, 5.41) is 0. The minimum Gasteiger partial charge on any atom is -0.599 e. The highest BCUT2D eigenvalue weighted by Crippen LogP contribution is 2.10. The average molecular weight is 238 g/mol. The maximum atomic E-state index is 5.71. The molecular formula is C12H19AlO3. The van der Waals surface area contributed by atoms with Gasteiger partial charge in [0.05, 0.1) is 5.75 Å². The molecule has 0 N–H and O–H groups in total. The SMILES string of the molecule is CCC[O][Al]([O]CCC)[O]c1ccccc1. The van der Waals surface area contributed by atoms with Gasteiger partial charge in [0, 0.05) is 13.2 Å². The van der Waals surface area contributed by atoms with Gasteiger partial charge >= 0.3 is 15.1 Å². The molecule has 0 saturated heterocycles. The van der Waals surface area contributed by atoms with Gasteiger partial charge < -0.3 is 11.4 Å². The van der Waals surface area contributed by atoms with E-state index in [1.54, 1.807) is 0 Å². The zero-order valence-corrected chi connectivity index (χ0v) is 11.2. The summed E-state index contributed by atoms with van der Waals surface area (Å²) in [7, 11) is 0. The van der Waals surface area contributed by atoms with E-state index in [4.69, 9.17) is 11.4 Å². The highest BCUT2D eigenvalue weighted by molar-refractivity contribution is 6.37. The summed E-state index contributed by atoms with van der Waals surface area (Å²) in [4.78, 5) is 0. The van der Waals surface area contributed by atoms with Crippen LogP contribution in [0.5, 0.6) is 5.75 Å². The first-order valence-corrected chi connectivity index (χ1v) is 7.23. The van der Waals surface area contributed by atoms with E-state index in [1.165, 1.54) is 0 Å². The molecule has 1 aromatic rings. The van der Waals surface area contributed by atoms with Crippen molar-refractivity contribution < 1.29 is 11.4 Å². The van der Waals surface area contributed by atoms with Crippen LogP contribution in [0.4, 0.5) is 0 Å². The third kappa shape index (κ3) is 5.53. The van der Waals surface area contributed by atoms with E-state index in [0.717, 1.165) is 18.6 Å². The Morgan fingerprint density at radius 2 is 1.50 bits per heavy atom. The van der Waals surface area contributed by atoms with E-state index >= 15 is 0 Å². The van der Waals surface area contributed by atoms with Crippen molar-refractivity contribution in [2.45, 2.75) is 26.7 Å². The first-order valence-electron chi connectivity index (χ1n) is 5.81. The molecule has 1 aromatic carbocycles. The number of hydrogen-bond donors (Lipinski definition) is 0. The second kappa shape index (κ2) is 8.60. The van der Waals surface area contributed by atoms with Crippen molar-refractivity contribution in [3.05, 3.63) is 30.3 Å². The first kappa shape index (κ1) is 13.5. The normalized spacial score (nSPS) is 10.1. The van der Waals surface area contributed by atoms with Crippen LogP contribution in [0.25, 0.3) is 0 Å². The predicted molar refractivity (Wildman–Crippen MR) is 65.3 cm³/mol. The molecule has 0 atom stereocenters. The van der Waals surface area contributed by atoms with Gasteiger partial charge in [0.15, 0.2) is 0 Å². The highest BCUT2D eigenvalue weighted by Gasteiger charge is 2.34. The Bertz CT molecular complexity index is 258. The molecule has 1 rings (SSSR count). The van der Waals surface area contributed by atoms with Crippen LogP contribution >= 0.6 is 0 Å². The van der Waals surface area contributed by atoms with Crippen LogP contribution in [0.1, 0.15) is 26.7 Å². The number of rotatable bonds is 8. The molecule has 88 valence electrons. The summed E-state index contributed by atoms with van der Waals surface area (Å²) in [6, 6.07) is 9.69. The molecule has 0 radical (unpaired) electrons. The van der Waals surface area contributed by atoms with Crippen molar-refractivity contribution in [2.24, 2.45) is 0 Å². The van der Waals surface area contributed by atoms with Gasteiger partial charge in [-0.3, -0.25) is 0 Å². The summed E-state index contributed by atoms with van der Waals surface area (Å²) in [6.07, 6.45) is 1.97. The lowest BCUT2D eigenvalue weighted by Gasteiger charge is -2.13. The molecular weight excluding hydrogens is 219 g/mol. The molecule has 0 amide bonds. The van der Waals surface area contributed by atoms with Gasteiger partial charge in [-0.1, -0.05) is 32.0 Å². The fourth-order valence-electron chi connectivity index (χ4n) is 1.15. The Balaban J connectivity index is 2.42. The molecule has 4 heteroatoms. The largest absolute Gasteiger partial charge is 1.00 e. The van der Waals surface area contributed by atoms with Crippen LogP contribution in [-0.4, -0.2) is 28.4 Å². The zero-order chi connectivity index (χ0) is 11.6. The topological polar surface area (TPSA) is 27.7 Å². The van der Waals surface area contributed by atoms with E-state index in [2.05, 4.69) is 13.8 Å². The molecule has 0 heterocycles. The van der Waals surface area contributed by atoms with Gasteiger partial charge in [-0.15, -0.1) is 0 Å². The maximum Gasteiger partial charge on any atom is 1.00 e. The van der Waals surface area contributed by atoms with Crippen molar-refractivity contribution in [1.82, 2.24) is 0 Å². The fraction of sp³-hybridized carbons (Fsp3) is 0.500. The molecule has 0 aromatic heterocycles. The van der Waals surface area contributed by atoms with Crippen LogP contribution in [-0.2, 0) is 7.58 Å². The van der Waals surface area contributed by atoms with Crippen molar-refractivity contribution >= 4 is 15.1 Å². The van der Waals surface area contributed by atoms with E-state index in [9.17, 15) is 0 Å². The second-order valence-electron chi connectivity index (χ2n) is 3.46. The lowest BCUT2D eigenvalue weighted by atomic mass is 10.3. The molecule has 0 aliphatic carbocycles. The van der Waals surface area contributed by atoms with Crippen LogP contribution in [0, 0.1) is 0 Å². The van der Waals surface area contributed by atoms with Crippen molar-refractivity contribution in [2.75, 3.05) is 13.2 Å². The van der Waals surface area contributed by atoms with Crippen LogP contribution in [0.15, 0.2) is 30.3 Å². The summed E-state index contributed by atoms with van der Waals surface area (Å²) < 4.78 is 16.9. The molecule has 3 nitrogen and oxygen atoms in total. The number of para-hydroxylation sites is 1. The Hall–Kier alpha value is -0.528. The molecule has 16 heavy (non-hydrogen) atoms. The number of hydrogen-bond acceptors (Lipinski definition) is 3. The molecule has 0 bridgehead atoms. The minimum absolute atomic E-state index is 0.702. The Kier molecular flexibility index (Phi) is 7.28. The standard InChI is InChI=1S/C6H6O.2C3H7O.Al/c7-6-4-2-1-3-5-6;2*1-2-3-4;/h1-5,7H;2*2-3H2,1H3;/q;2*-1;+3/p-1. The van der Waals surface area contributed by atoms with E-state index in [0.29, 0.717) is 13.2 Å². The van der Waals surface area contributed by atoms with Crippen molar-refractivity contribution in [1.29, 1.82) is 0 Å². The molecule has 0 unspecified atom stereocenters. The van der Waals surface area contributed by atoms with Crippen molar-refractivity contribution in [3.8, 4) is 5.75 Å². The Morgan fingerprint density at radius 1 is 0.938 bits per heavy atom. The fourth-order valence-corrected chi connectivity index (χ4v) is 2.62. The van der Waals surface area contributed by atoms with Gasteiger partial charge in [0.1, 0.15) is 0 Å².